The highest BCUT2D eigenvalue weighted by Crippen LogP contribution is 2.51. The molecule has 6 nitrogen and oxygen atoms in total. The van der Waals surface area contributed by atoms with Crippen molar-refractivity contribution in [2.45, 2.75) is 57.5 Å². The molecule has 1 saturated carbocycles. The van der Waals surface area contributed by atoms with Crippen LogP contribution in [-0.4, -0.2) is 34.9 Å². The van der Waals surface area contributed by atoms with Gasteiger partial charge in [0.2, 0.25) is 0 Å². The number of carbonyl (C=O) groups is 1. The molecule has 0 radical (unpaired) electrons. The Morgan fingerprint density at radius 2 is 2.00 bits per heavy atom. The van der Waals surface area contributed by atoms with Crippen molar-refractivity contribution >= 4 is 11.7 Å². The summed E-state index contributed by atoms with van der Waals surface area (Å²) in [6, 6.07) is 9.49. The van der Waals surface area contributed by atoms with E-state index in [2.05, 4.69) is 12.2 Å². The minimum absolute atomic E-state index is 0.0138. The topological polar surface area (TPSA) is 82.0 Å². The molecular weight excluding hydrogens is 418 g/mol. The molecule has 0 bridgehead atoms. The molecule has 168 valence electrons. The quantitative estimate of drug-likeness (QED) is 0.650. The molecule has 0 amide bonds. The first kappa shape index (κ1) is 20.9. The van der Waals surface area contributed by atoms with Crippen LogP contribution in [0.5, 0.6) is 5.75 Å². The number of nitrogens with one attached hydrogen (secondary N) is 1. The second-order valence-electron chi connectivity index (χ2n) is 8.66. The van der Waals surface area contributed by atoms with Crippen molar-refractivity contribution in [3.8, 4) is 16.9 Å². The highest BCUT2D eigenvalue weighted by atomic mass is 19.3. The number of aliphatic carboxylic acids is 1. The van der Waals surface area contributed by atoms with Gasteiger partial charge in [-0.05, 0) is 48.9 Å². The third-order valence-corrected chi connectivity index (χ3v) is 6.37. The molecule has 5 rings (SSSR count). The van der Waals surface area contributed by atoms with Gasteiger partial charge in [0.1, 0.15) is 6.10 Å². The lowest BCUT2D eigenvalue weighted by Crippen LogP contribution is -2.32. The molecule has 32 heavy (non-hydrogen) atoms. The van der Waals surface area contributed by atoms with E-state index in [0.29, 0.717) is 23.8 Å². The van der Waals surface area contributed by atoms with Crippen LogP contribution < -0.4 is 15.0 Å². The summed E-state index contributed by atoms with van der Waals surface area (Å²) in [5.41, 5.74) is 3.92. The number of nitrogens with zero attached hydrogens (tertiary/aromatic N) is 1. The molecule has 2 aromatic carbocycles. The van der Waals surface area contributed by atoms with Gasteiger partial charge in [-0.2, -0.15) is 8.78 Å². The van der Waals surface area contributed by atoms with Crippen LogP contribution in [0.4, 0.5) is 14.5 Å². The summed E-state index contributed by atoms with van der Waals surface area (Å²) in [4.78, 5) is 13.3. The van der Waals surface area contributed by atoms with Gasteiger partial charge in [-0.25, -0.2) is 4.79 Å². The summed E-state index contributed by atoms with van der Waals surface area (Å²) in [5.74, 6) is -1.29. The largest absolute Gasteiger partial charge is 0.478 e. The molecule has 3 aliphatic rings. The molecule has 0 aromatic heterocycles. The predicted octanol–water partition coefficient (Wildman–Crippen LogP) is 3.97. The third-order valence-electron chi connectivity index (χ3n) is 6.37. The summed E-state index contributed by atoms with van der Waals surface area (Å²) in [7, 11) is 0. The minimum atomic E-state index is -3.07. The molecule has 3 N–H and O–H groups in total. The molecule has 0 spiro atoms. The molecule has 2 heterocycles. The summed E-state index contributed by atoms with van der Waals surface area (Å²) in [5, 5.41) is 23.6. The predicted molar refractivity (Wildman–Crippen MR) is 115 cm³/mol. The standard InChI is InChI=1S/C24H24F2N2O4/c1-12-8-13-2-3-14(9-15(13)10-27-12)17-6-7-18-20(22(17)32-24(25)26)28(16-4-5-16)11-19(21(18)29)23(30)31/h2-3,6-7,9,11-12,16,21,24,27,29H,4-5,8,10H2,1H3,(H,30,31)/t12-,21?/m0/s1. The normalized spacial score (nSPS) is 22.3. The number of carboxylic acid groups (broad SMARTS) is 1. The fourth-order valence-electron chi connectivity index (χ4n) is 4.62. The number of rotatable bonds is 5. The van der Waals surface area contributed by atoms with Crippen molar-refractivity contribution in [2.75, 3.05) is 4.90 Å². The van der Waals surface area contributed by atoms with Gasteiger partial charge in [-0.3, -0.25) is 0 Å². The monoisotopic (exact) mass is 442 g/mol. The van der Waals surface area contributed by atoms with Gasteiger partial charge >= 0.3 is 12.6 Å². The SMILES string of the molecule is C[C@H]1Cc2ccc(-c3ccc4c(c3OC(F)F)N(C3CC3)C=C(C(=O)O)C4O)cc2CN1. The fourth-order valence-corrected chi connectivity index (χ4v) is 4.62. The highest BCUT2D eigenvalue weighted by Gasteiger charge is 2.39. The number of anilines is 1. The maximum absolute atomic E-state index is 13.5. The van der Waals surface area contributed by atoms with E-state index in [0.717, 1.165) is 30.4 Å². The lowest BCUT2D eigenvalue weighted by molar-refractivity contribution is -0.133. The maximum atomic E-state index is 13.5. The van der Waals surface area contributed by atoms with Gasteiger partial charge < -0.3 is 25.2 Å². The van der Waals surface area contributed by atoms with Crippen molar-refractivity contribution in [2.24, 2.45) is 0 Å². The zero-order valence-electron chi connectivity index (χ0n) is 17.5. The lowest BCUT2D eigenvalue weighted by atomic mass is 9.89. The molecule has 1 unspecified atom stereocenters. The van der Waals surface area contributed by atoms with Gasteiger partial charge in [0.05, 0.1) is 11.3 Å². The second kappa shape index (κ2) is 7.86. The van der Waals surface area contributed by atoms with Crippen molar-refractivity contribution in [1.82, 2.24) is 5.32 Å². The van der Waals surface area contributed by atoms with Crippen molar-refractivity contribution in [3.63, 3.8) is 0 Å². The number of alkyl halides is 2. The van der Waals surface area contributed by atoms with E-state index in [9.17, 15) is 23.8 Å². The number of halogens is 2. The Morgan fingerprint density at radius 1 is 1.22 bits per heavy atom. The van der Waals surface area contributed by atoms with Gasteiger partial charge in [0, 0.05) is 36.0 Å². The number of hydrogen-bond donors (Lipinski definition) is 3. The van der Waals surface area contributed by atoms with E-state index in [1.54, 1.807) is 17.0 Å². The fraction of sp³-hybridized carbons (Fsp3) is 0.375. The van der Waals surface area contributed by atoms with E-state index >= 15 is 0 Å². The number of fused-ring (bicyclic) bond motifs is 2. The van der Waals surface area contributed by atoms with Crippen molar-refractivity contribution in [1.29, 1.82) is 0 Å². The van der Waals surface area contributed by atoms with E-state index in [1.807, 2.05) is 18.2 Å². The smallest absolute Gasteiger partial charge is 0.387 e. The molecule has 2 atom stereocenters. The highest BCUT2D eigenvalue weighted by molar-refractivity contribution is 5.93. The van der Waals surface area contributed by atoms with E-state index in [-0.39, 0.29) is 22.9 Å². The van der Waals surface area contributed by atoms with Crippen LogP contribution in [0.3, 0.4) is 0 Å². The van der Waals surface area contributed by atoms with Crippen molar-refractivity contribution < 1.29 is 28.5 Å². The number of carboxylic acids is 1. The first-order chi connectivity index (χ1) is 15.3. The third kappa shape index (κ3) is 3.63. The number of ether oxygens (including phenoxy) is 1. The Bertz CT molecular complexity index is 1110. The number of benzene rings is 2. The summed E-state index contributed by atoms with van der Waals surface area (Å²) < 4.78 is 32.1. The van der Waals surface area contributed by atoms with E-state index in [4.69, 9.17) is 4.74 Å². The Hall–Kier alpha value is -2.97. The van der Waals surface area contributed by atoms with Crippen molar-refractivity contribution in [3.05, 3.63) is 58.8 Å². The number of aliphatic hydroxyl groups is 1. The molecule has 1 aliphatic carbocycles. The first-order valence-electron chi connectivity index (χ1n) is 10.7. The second-order valence-corrected chi connectivity index (χ2v) is 8.66. The summed E-state index contributed by atoms with van der Waals surface area (Å²) in [6.07, 6.45) is 2.43. The molecule has 1 fully saturated rings. The molecule has 2 aliphatic heterocycles. The van der Waals surface area contributed by atoms with E-state index < -0.39 is 18.7 Å². The summed E-state index contributed by atoms with van der Waals surface area (Å²) >= 11 is 0. The van der Waals surface area contributed by atoms with Crippen LogP contribution in [0.2, 0.25) is 0 Å². The van der Waals surface area contributed by atoms with E-state index in [1.165, 1.54) is 11.8 Å². The zero-order chi connectivity index (χ0) is 22.6. The Balaban J connectivity index is 1.67. The Labute approximate surface area is 184 Å². The number of aliphatic hydroxyl groups excluding tert-OH is 1. The van der Waals surface area contributed by atoms with Gasteiger partial charge in [0.15, 0.2) is 5.75 Å². The van der Waals surface area contributed by atoms with Crippen LogP contribution >= 0.6 is 0 Å². The molecule has 0 saturated heterocycles. The van der Waals surface area contributed by atoms with Crippen LogP contribution in [-0.2, 0) is 17.8 Å². The van der Waals surface area contributed by atoms with Crippen LogP contribution in [0.1, 0.15) is 42.6 Å². The average molecular weight is 442 g/mol. The van der Waals surface area contributed by atoms with Crippen LogP contribution in [0.15, 0.2) is 42.1 Å². The van der Waals surface area contributed by atoms with Gasteiger partial charge in [0.25, 0.3) is 0 Å². The first-order valence-corrected chi connectivity index (χ1v) is 10.7. The molecular formula is C24H24F2N2O4. The lowest BCUT2D eigenvalue weighted by Gasteiger charge is -2.33. The molecule has 8 heteroatoms. The van der Waals surface area contributed by atoms with Gasteiger partial charge in [-0.15, -0.1) is 0 Å². The number of hydrogen-bond acceptors (Lipinski definition) is 5. The van der Waals surface area contributed by atoms with Gasteiger partial charge in [-0.1, -0.05) is 24.3 Å². The van der Waals surface area contributed by atoms with Crippen LogP contribution in [0.25, 0.3) is 11.1 Å². The van der Waals surface area contributed by atoms with Crippen LogP contribution in [0, 0.1) is 0 Å². The zero-order valence-corrected chi connectivity index (χ0v) is 17.5. The Morgan fingerprint density at radius 3 is 2.69 bits per heavy atom. The molecule has 2 aromatic rings. The maximum Gasteiger partial charge on any atom is 0.387 e. The average Bonchev–Trinajstić information content (AvgIpc) is 3.58. The Kier molecular flexibility index (Phi) is 5.14. The minimum Gasteiger partial charge on any atom is -0.478 e. The summed E-state index contributed by atoms with van der Waals surface area (Å²) in [6.45, 7) is -0.257.